The second kappa shape index (κ2) is 11.3. The van der Waals surface area contributed by atoms with E-state index in [1.54, 1.807) is 0 Å². The van der Waals surface area contributed by atoms with E-state index >= 15 is 0 Å². The molecule has 0 aliphatic carbocycles. The average Bonchev–Trinajstić information content (AvgIpc) is 3.22. The van der Waals surface area contributed by atoms with Crippen LogP contribution in [0.2, 0.25) is 0 Å². The number of para-hydroxylation sites is 1. The predicted molar refractivity (Wildman–Crippen MR) is 119 cm³/mol. The number of hydrogen-bond donors (Lipinski definition) is 2. The summed E-state index contributed by atoms with van der Waals surface area (Å²) in [4.78, 5) is 12.0. The molecule has 2 aliphatic heterocycles. The summed E-state index contributed by atoms with van der Waals surface area (Å²) < 4.78 is 0. The normalized spacial score (nSPS) is 21.9. The summed E-state index contributed by atoms with van der Waals surface area (Å²) in [6.45, 7) is 12.7. The van der Waals surface area contributed by atoms with Gasteiger partial charge in [-0.25, -0.2) is 0 Å². The summed E-state index contributed by atoms with van der Waals surface area (Å²) in [5.41, 5.74) is 1.31. The lowest BCUT2D eigenvalue weighted by molar-refractivity contribution is 0.136. The third-order valence-electron chi connectivity index (χ3n) is 5.98. The van der Waals surface area contributed by atoms with E-state index in [1.165, 1.54) is 57.8 Å². The Morgan fingerprint density at radius 3 is 2.50 bits per heavy atom. The highest BCUT2D eigenvalue weighted by atomic mass is 15.3. The molecule has 1 unspecified atom stereocenters. The van der Waals surface area contributed by atoms with Crippen molar-refractivity contribution < 1.29 is 0 Å². The number of nitrogens with one attached hydrogen (secondary N) is 2. The van der Waals surface area contributed by atoms with Gasteiger partial charge in [0.05, 0.1) is 0 Å². The molecule has 2 saturated heterocycles. The van der Waals surface area contributed by atoms with Gasteiger partial charge in [0.25, 0.3) is 0 Å². The van der Waals surface area contributed by atoms with Crippen LogP contribution in [0.5, 0.6) is 0 Å². The molecule has 2 heterocycles. The number of anilines is 1. The first-order valence-electron chi connectivity index (χ1n) is 11.0. The first-order valence-corrected chi connectivity index (χ1v) is 11.0. The Bertz CT molecular complexity index is 582. The Kier molecular flexibility index (Phi) is 8.42. The monoisotopic (exact) mass is 386 g/mol. The number of guanidine groups is 1. The van der Waals surface area contributed by atoms with E-state index in [1.807, 2.05) is 7.05 Å². The Morgan fingerprint density at radius 2 is 1.79 bits per heavy atom. The lowest BCUT2D eigenvalue weighted by atomic mass is 10.2. The number of benzene rings is 1. The third-order valence-corrected chi connectivity index (χ3v) is 5.98. The highest BCUT2D eigenvalue weighted by Gasteiger charge is 2.23. The first kappa shape index (κ1) is 20.9. The van der Waals surface area contributed by atoms with Crippen LogP contribution < -0.4 is 15.5 Å². The van der Waals surface area contributed by atoms with E-state index in [2.05, 4.69) is 67.6 Å². The van der Waals surface area contributed by atoms with Crippen LogP contribution in [-0.4, -0.2) is 87.8 Å². The standard InChI is InChI=1S/C22H38N6/c1-3-26-15-17-27(18-16-26)13-8-7-12-24-22(23-2)25-20-11-14-28(19-20)21-9-5-4-6-10-21/h4-6,9-10,20H,3,7-8,11-19H2,1-2H3,(H2,23,24,25). The maximum absolute atomic E-state index is 4.41. The smallest absolute Gasteiger partial charge is 0.191 e. The van der Waals surface area contributed by atoms with Crippen molar-refractivity contribution in [3.8, 4) is 0 Å². The van der Waals surface area contributed by atoms with Gasteiger partial charge >= 0.3 is 0 Å². The Balaban J connectivity index is 1.28. The van der Waals surface area contributed by atoms with Crippen molar-refractivity contribution in [3.63, 3.8) is 0 Å². The summed E-state index contributed by atoms with van der Waals surface area (Å²) in [6.07, 6.45) is 3.59. The molecular weight excluding hydrogens is 348 g/mol. The minimum absolute atomic E-state index is 0.460. The van der Waals surface area contributed by atoms with E-state index < -0.39 is 0 Å². The van der Waals surface area contributed by atoms with Gasteiger partial charge in [0.2, 0.25) is 0 Å². The fourth-order valence-electron chi connectivity index (χ4n) is 4.14. The molecule has 3 rings (SSSR count). The van der Waals surface area contributed by atoms with Gasteiger partial charge in [-0.2, -0.15) is 0 Å². The maximum atomic E-state index is 4.41. The summed E-state index contributed by atoms with van der Waals surface area (Å²) in [5.74, 6) is 0.941. The zero-order valence-electron chi connectivity index (χ0n) is 17.7. The highest BCUT2D eigenvalue weighted by molar-refractivity contribution is 5.80. The topological polar surface area (TPSA) is 46.1 Å². The molecule has 2 N–H and O–H groups in total. The molecule has 0 amide bonds. The van der Waals surface area contributed by atoms with Crippen molar-refractivity contribution in [3.05, 3.63) is 30.3 Å². The lowest BCUT2D eigenvalue weighted by Crippen LogP contribution is -2.46. The van der Waals surface area contributed by atoms with Crippen molar-refractivity contribution in [1.82, 2.24) is 20.4 Å². The quantitative estimate of drug-likeness (QED) is 0.406. The first-order chi connectivity index (χ1) is 13.8. The summed E-state index contributed by atoms with van der Waals surface area (Å²) in [6, 6.07) is 11.1. The summed E-state index contributed by atoms with van der Waals surface area (Å²) >= 11 is 0. The van der Waals surface area contributed by atoms with Crippen LogP contribution >= 0.6 is 0 Å². The zero-order chi connectivity index (χ0) is 19.6. The molecule has 0 spiro atoms. The van der Waals surface area contributed by atoms with Crippen LogP contribution in [0.1, 0.15) is 26.2 Å². The van der Waals surface area contributed by atoms with Crippen molar-refractivity contribution in [2.45, 2.75) is 32.2 Å². The molecule has 1 aromatic rings. The molecule has 1 aromatic carbocycles. The van der Waals surface area contributed by atoms with E-state index in [0.717, 1.165) is 32.0 Å². The predicted octanol–water partition coefficient (Wildman–Crippen LogP) is 1.85. The average molecular weight is 387 g/mol. The van der Waals surface area contributed by atoms with Crippen molar-refractivity contribution in [1.29, 1.82) is 0 Å². The molecule has 0 saturated carbocycles. The van der Waals surface area contributed by atoms with Gasteiger partial charge in [-0.15, -0.1) is 0 Å². The van der Waals surface area contributed by atoms with Crippen molar-refractivity contribution >= 4 is 11.6 Å². The van der Waals surface area contributed by atoms with Crippen LogP contribution in [-0.2, 0) is 0 Å². The SMILES string of the molecule is CCN1CCN(CCCCNC(=NC)NC2CCN(c3ccccc3)C2)CC1. The van der Waals surface area contributed by atoms with E-state index in [4.69, 9.17) is 0 Å². The molecule has 1 atom stereocenters. The largest absolute Gasteiger partial charge is 0.369 e. The summed E-state index contributed by atoms with van der Waals surface area (Å²) in [5, 5.41) is 7.10. The van der Waals surface area contributed by atoms with Crippen LogP contribution in [0, 0.1) is 0 Å². The fraction of sp³-hybridized carbons (Fsp3) is 0.682. The Hall–Kier alpha value is -1.79. The Labute approximate surface area is 171 Å². The minimum atomic E-state index is 0.460. The van der Waals surface area contributed by atoms with E-state index in [0.29, 0.717) is 6.04 Å². The molecule has 6 nitrogen and oxygen atoms in total. The number of piperazine rings is 1. The minimum Gasteiger partial charge on any atom is -0.369 e. The molecule has 6 heteroatoms. The van der Waals surface area contributed by atoms with Gasteiger partial charge in [-0.05, 0) is 44.5 Å². The number of rotatable bonds is 8. The third kappa shape index (κ3) is 6.38. The molecule has 28 heavy (non-hydrogen) atoms. The van der Waals surface area contributed by atoms with Crippen molar-refractivity contribution in [2.75, 3.05) is 70.9 Å². The molecular formula is C22H38N6. The van der Waals surface area contributed by atoms with Crippen LogP contribution in [0.25, 0.3) is 0 Å². The second-order valence-electron chi connectivity index (χ2n) is 7.89. The zero-order valence-corrected chi connectivity index (χ0v) is 17.7. The van der Waals surface area contributed by atoms with Crippen molar-refractivity contribution in [2.24, 2.45) is 4.99 Å². The lowest BCUT2D eigenvalue weighted by Gasteiger charge is -2.34. The molecule has 2 fully saturated rings. The van der Waals surface area contributed by atoms with Gasteiger partial charge in [0.1, 0.15) is 0 Å². The molecule has 0 bridgehead atoms. The number of nitrogens with zero attached hydrogens (tertiary/aromatic N) is 4. The van der Waals surface area contributed by atoms with E-state index in [9.17, 15) is 0 Å². The van der Waals surface area contributed by atoms with Gasteiger partial charge in [-0.3, -0.25) is 4.99 Å². The van der Waals surface area contributed by atoms with Gasteiger partial charge in [0, 0.05) is 64.6 Å². The number of aliphatic imine (C=N–C) groups is 1. The van der Waals surface area contributed by atoms with Gasteiger partial charge in [-0.1, -0.05) is 25.1 Å². The Morgan fingerprint density at radius 1 is 1.04 bits per heavy atom. The van der Waals surface area contributed by atoms with Crippen LogP contribution in [0.15, 0.2) is 35.3 Å². The fourth-order valence-corrected chi connectivity index (χ4v) is 4.14. The van der Waals surface area contributed by atoms with Crippen LogP contribution in [0.3, 0.4) is 0 Å². The maximum Gasteiger partial charge on any atom is 0.191 e. The summed E-state index contributed by atoms with van der Waals surface area (Å²) in [7, 11) is 1.87. The van der Waals surface area contributed by atoms with Crippen LogP contribution in [0.4, 0.5) is 5.69 Å². The second-order valence-corrected chi connectivity index (χ2v) is 7.89. The number of unbranched alkanes of at least 4 members (excludes halogenated alkanes) is 1. The molecule has 0 radical (unpaired) electrons. The van der Waals surface area contributed by atoms with Gasteiger partial charge < -0.3 is 25.3 Å². The number of likely N-dealkylation sites (N-methyl/N-ethyl adjacent to an activating group) is 1. The van der Waals surface area contributed by atoms with E-state index in [-0.39, 0.29) is 0 Å². The molecule has 0 aromatic heterocycles. The number of hydrogen-bond acceptors (Lipinski definition) is 4. The molecule has 2 aliphatic rings. The highest BCUT2D eigenvalue weighted by Crippen LogP contribution is 2.19. The molecule has 156 valence electrons. The van der Waals surface area contributed by atoms with Gasteiger partial charge in [0.15, 0.2) is 5.96 Å².